The van der Waals surface area contributed by atoms with Gasteiger partial charge in [0.2, 0.25) is 0 Å². The molecule has 0 radical (unpaired) electrons. The molecule has 0 spiro atoms. The van der Waals surface area contributed by atoms with Gasteiger partial charge in [-0.3, -0.25) is 9.62 Å². The molecule has 0 unspecified atom stereocenters. The molecule has 2 heterocycles. The molecule has 1 fully saturated rings. The molecule has 3 rings (SSSR count). The number of hydrogen-bond donors (Lipinski definition) is 2. The molecule has 1 aromatic carbocycles. The second kappa shape index (κ2) is 7.82. The molecule has 8 heteroatoms. The topological polar surface area (TPSA) is 105 Å². The monoisotopic (exact) mass is 373 g/mol. The molecule has 26 heavy (non-hydrogen) atoms. The fourth-order valence-electron chi connectivity index (χ4n) is 2.76. The number of rotatable bonds is 5. The number of anilines is 2. The number of ether oxygens (including phenoxy) is 1. The van der Waals surface area contributed by atoms with Gasteiger partial charge in [-0.2, -0.15) is 0 Å². The molecule has 138 valence electrons. The summed E-state index contributed by atoms with van der Waals surface area (Å²) in [6, 6.07) is 7.09. The van der Waals surface area contributed by atoms with Crippen molar-refractivity contribution in [2.45, 2.75) is 20.0 Å². The zero-order valence-corrected chi connectivity index (χ0v) is 15.8. The summed E-state index contributed by atoms with van der Waals surface area (Å²) < 4.78 is 17.2. The molecule has 0 amide bonds. The van der Waals surface area contributed by atoms with E-state index in [1.165, 1.54) is 6.33 Å². The average molecular weight is 373 g/mol. The van der Waals surface area contributed by atoms with Crippen LogP contribution in [0.15, 0.2) is 30.6 Å². The number of aromatic nitrogens is 2. The van der Waals surface area contributed by atoms with Crippen LogP contribution in [-0.2, 0) is 10.8 Å². The van der Waals surface area contributed by atoms with Crippen molar-refractivity contribution in [2.75, 3.05) is 35.2 Å². The minimum absolute atomic E-state index is 0.0379. The predicted molar refractivity (Wildman–Crippen MR) is 105 cm³/mol. The molecule has 0 bridgehead atoms. The lowest BCUT2D eigenvalue weighted by Crippen LogP contribution is -2.38. The molecule has 0 aliphatic carbocycles. The van der Waals surface area contributed by atoms with Crippen LogP contribution in [0.3, 0.4) is 0 Å². The molecule has 2 aromatic rings. The van der Waals surface area contributed by atoms with Gasteiger partial charge in [0.05, 0.1) is 17.5 Å². The lowest BCUT2D eigenvalue weighted by Gasteiger charge is -2.27. The van der Waals surface area contributed by atoms with Crippen LogP contribution in [0.25, 0.3) is 0 Å². The number of nitrogens with one attached hydrogen (secondary N) is 1. The van der Waals surface area contributed by atoms with Gasteiger partial charge in [0.1, 0.15) is 17.9 Å². The summed E-state index contributed by atoms with van der Waals surface area (Å²) in [6.45, 7) is 5.28. The normalized spacial score (nSPS) is 15.3. The quantitative estimate of drug-likeness (QED) is 0.612. The first kappa shape index (κ1) is 18.3. The van der Waals surface area contributed by atoms with Gasteiger partial charge in [-0.15, -0.1) is 0 Å². The van der Waals surface area contributed by atoms with Crippen molar-refractivity contribution in [3.8, 4) is 5.75 Å². The summed E-state index contributed by atoms with van der Waals surface area (Å²) in [5.41, 5.74) is 7.87. The van der Waals surface area contributed by atoms with Crippen LogP contribution in [0.1, 0.15) is 25.1 Å². The SMILES string of the molecule is CC(C)Oc1ccc(N)c(C(=N)c2cc(N3CCS(=O)CC3)ncn2)c1. The van der Waals surface area contributed by atoms with E-state index < -0.39 is 10.8 Å². The summed E-state index contributed by atoms with van der Waals surface area (Å²) in [4.78, 5) is 10.6. The predicted octanol–water partition coefficient (Wildman–Crippen LogP) is 1.83. The maximum atomic E-state index is 11.5. The first-order valence-corrected chi connectivity index (χ1v) is 10.0. The van der Waals surface area contributed by atoms with Gasteiger partial charge in [0.25, 0.3) is 0 Å². The first-order chi connectivity index (χ1) is 12.4. The fourth-order valence-corrected chi connectivity index (χ4v) is 3.81. The molecular weight excluding hydrogens is 350 g/mol. The highest BCUT2D eigenvalue weighted by Gasteiger charge is 2.19. The second-order valence-electron chi connectivity index (χ2n) is 6.39. The Hall–Kier alpha value is -2.48. The highest BCUT2D eigenvalue weighted by molar-refractivity contribution is 7.85. The van der Waals surface area contributed by atoms with Crippen LogP contribution in [-0.4, -0.2) is 50.6 Å². The van der Waals surface area contributed by atoms with E-state index >= 15 is 0 Å². The molecule has 0 atom stereocenters. The number of benzene rings is 1. The fraction of sp³-hybridized carbons (Fsp3) is 0.389. The van der Waals surface area contributed by atoms with E-state index in [4.69, 9.17) is 15.9 Å². The van der Waals surface area contributed by atoms with Gasteiger partial charge in [-0.05, 0) is 32.0 Å². The van der Waals surface area contributed by atoms with E-state index in [1.807, 2.05) is 13.8 Å². The van der Waals surface area contributed by atoms with Gasteiger partial charge >= 0.3 is 0 Å². The smallest absolute Gasteiger partial charge is 0.132 e. The maximum absolute atomic E-state index is 11.5. The Labute approximate surface area is 155 Å². The number of nitrogen functional groups attached to an aromatic ring is 1. The lowest BCUT2D eigenvalue weighted by atomic mass is 10.0. The largest absolute Gasteiger partial charge is 0.491 e. The molecule has 1 aromatic heterocycles. The van der Waals surface area contributed by atoms with Crippen molar-refractivity contribution in [1.82, 2.24) is 9.97 Å². The van der Waals surface area contributed by atoms with E-state index in [9.17, 15) is 4.21 Å². The van der Waals surface area contributed by atoms with Gasteiger partial charge < -0.3 is 15.4 Å². The molecule has 1 aliphatic rings. The average Bonchev–Trinajstić information content (AvgIpc) is 2.63. The summed E-state index contributed by atoms with van der Waals surface area (Å²) >= 11 is 0. The number of hydrogen-bond acceptors (Lipinski definition) is 7. The molecule has 0 saturated carbocycles. The third kappa shape index (κ3) is 4.19. The molecule has 3 N–H and O–H groups in total. The number of nitrogens with two attached hydrogens (primary N) is 1. The van der Waals surface area contributed by atoms with Crippen LogP contribution in [0.2, 0.25) is 0 Å². The first-order valence-electron chi connectivity index (χ1n) is 8.51. The van der Waals surface area contributed by atoms with Crippen molar-refractivity contribution in [2.24, 2.45) is 0 Å². The van der Waals surface area contributed by atoms with Crippen molar-refractivity contribution < 1.29 is 8.95 Å². The van der Waals surface area contributed by atoms with Crippen LogP contribution >= 0.6 is 0 Å². The van der Waals surface area contributed by atoms with E-state index in [1.54, 1.807) is 24.3 Å². The van der Waals surface area contributed by atoms with Gasteiger partial charge in [-0.1, -0.05) is 0 Å². The highest BCUT2D eigenvalue weighted by atomic mass is 32.2. The van der Waals surface area contributed by atoms with E-state index in [2.05, 4.69) is 14.9 Å². The van der Waals surface area contributed by atoms with Gasteiger partial charge in [-0.25, -0.2) is 9.97 Å². The molecule has 1 aliphatic heterocycles. The second-order valence-corrected chi connectivity index (χ2v) is 8.08. The Morgan fingerprint density at radius 2 is 2.00 bits per heavy atom. The van der Waals surface area contributed by atoms with Gasteiger partial charge in [0, 0.05) is 52.7 Å². The molecular formula is C18H23N5O2S. The van der Waals surface area contributed by atoms with Crippen LogP contribution in [0, 0.1) is 5.41 Å². The Morgan fingerprint density at radius 1 is 1.27 bits per heavy atom. The van der Waals surface area contributed by atoms with Crippen molar-refractivity contribution in [3.63, 3.8) is 0 Å². The third-order valence-electron chi connectivity index (χ3n) is 4.08. The standard InChI is InChI=1S/C18H23N5O2S/c1-12(2)25-13-3-4-15(19)14(9-13)18(20)16-10-17(22-11-21-16)23-5-7-26(24)8-6-23/h3-4,9-12,20H,5-8,19H2,1-2H3. The van der Waals surface area contributed by atoms with Crippen molar-refractivity contribution in [1.29, 1.82) is 5.41 Å². The Kier molecular flexibility index (Phi) is 5.51. The Morgan fingerprint density at radius 3 is 2.69 bits per heavy atom. The Balaban J connectivity index is 1.86. The van der Waals surface area contributed by atoms with Crippen LogP contribution in [0.4, 0.5) is 11.5 Å². The van der Waals surface area contributed by atoms with Gasteiger partial charge in [0.15, 0.2) is 0 Å². The minimum atomic E-state index is -0.747. The summed E-state index contributed by atoms with van der Waals surface area (Å²) in [7, 11) is -0.747. The lowest BCUT2D eigenvalue weighted by molar-refractivity contribution is 0.242. The van der Waals surface area contributed by atoms with Crippen LogP contribution < -0.4 is 15.4 Å². The summed E-state index contributed by atoms with van der Waals surface area (Å²) in [5, 5.41) is 8.54. The summed E-state index contributed by atoms with van der Waals surface area (Å²) in [6.07, 6.45) is 1.49. The van der Waals surface area contributed by atoms with E-state index in [0.717, 1.165) is 5.82 Å². The third-order valence-corrected chi connectivity index (χ3v) is 5.35. The van der Waals surface area contributed by atoms with E-state index in [-0.39, 0.29) is 11.8 Å². The van der Waals surface area contributed by atoms with Crippen molar-refractivity contribution >= 4 is 28.0 Å². The zero-order chi connectivity index (χ0) is 18.7. The minimum Gasteiger partial charge on any atom is -0.491 e. The van der Waals surface area contributed by atoms with E-state index in [0.29, 0.717) is 47.3 Å². The Bertz CT molecular complexity index is 830. The zero-order valence-electron chi connectivity index (χ0n) is 14.9. The number of nitrogens with zero attached hydrogens (tertiary/aromatic N) is 3. The van der Waals surface area contributed by atoms with Crippen molar-refractivity contribution in [3.05, 3.63) is 41.9 Å². The summed E-state index contributed by atoms with van der Waals surface area (Å²) in [5.74, 6) is 2.68. The molecule has 1 saturated heterocycles. The van der Waals surface area contributed by atoms with Crippen LogP contribution in [0.5, 0.6) is 5.75 Å². The molecule has 7 nitrogen and oxygen atoms in total. The highest BCUT2D eigenvalue weighted by Crippen LogP contribution is 2.24. The maximum Gasteiger partial charge on any atom is 0.132 e.